The van der Waals surface area contributed by atoms with E-state index in [9.17, 15) is 14.0 Å². The molecular formula is C22H19ClFN5O3. The molecule has 0 spiro atoms. The fourth-order valence-electron chi connectivity index (χ4n) is 3.37. The zero-order valence-electron chi connectivity index (χ0n) is 17.0. The Morgan fingerprint density at radius 2 is 1.94 bits per heavy atom. The van der Waals surface area contributed by atoms with Gasteiger partial charge in [-0.2, -0.15) is 5.10 Å². The maximum Gasteiger partial charge on any atom is 0.272 e. The number of aromatic amines is 1. The van der Waals surface area contributed by atoms with E-state index >= 15 is 0 Å². The number of halogens is 2. The molecule has 0 aliphatic rings. The van der Waals surface area contributed by atoms with E-state index in [0.717, 1.165) is 0 Å². The standard InChI is InChI=1S/C22H19ClFN5O3/c1-12-17(19(29-32-12)18-15(23)8-4-9-16(18)24)22(31)26-11-5-10-25-20-13-6-2-3-7-14(13)21(30)28-27-20/h2-4,6-9H,5,10-11H2,1H3,(H,25,27)(H,26,31)(H,28,30). The monoisotopic (exact) mass is 455 g/mol. The largest absolute Gasteiger partial charge is 0.368 e. The van der Waals surface area contributed by atoms with E-state index in [4.69, 9.17) is 16.1 Å². The van der Waals surface area contributed by atoms with Crippen molar-refractivity contribution >= 4 is 34.1 Å². The Kier molecular flexibility index (Phi) is 6.18. The van der Waals surface area contributed by atoms with Gasteiger partial charge in [0.2, 0.25) is 0 Å². The van der Waals surface area contributed by atoms with E-state index in [1.807, 2.05) is 12.1 Å². The highest BCUT2D eigenvalue weighted by Crippen LogP contribution is 2.33. The van der Waals surface area contributed by atoms with Gasteiger partial charge in [0.25, 0.3) is 11.5 Å². The third-order valence-corrected chi connectivity index (χ3v) is 5.23. The van der Waals surface area contributed by atoms with E-state index in [0.29, 0.717) is 36.1 Å². The van der Waals surface area contributed by atoms with Gasteiger partial charge in [0.1, 0.15) is 22.8 Å². The number of amides is 1. The minimum absolute atomic E-state index is 0.0221. The molecule has 0 aliphatic heterocycles. The molecule has 164 valence electrons. The van der Waals surface area contributed by atoms with Crippen LogP contribution in [0.4, 0.5) is 10.2 Å². The number of carbonyl (C=O) groups is 1. The van der Waals surface area contributed by atoms with Crippen molar-refractivity contribution in [2.75, 3.05) is 18.4 Å². The molecule has 0 radical (unpaired) electrons. The van der Waals surface area contributed by atoms with Crippen LogP contribution in [0.5, 0.6) is 0 Å². The number of hydrogen-bond acceptors (Lipinski definition) is 6. The summed E-state index contributed by atoms with van der Waals surface area (Å²) in [4.78, 5) is 24.6. The quantitative estimate of drug-likeness (QED) is 0.364. The highest BCUT2D eigenvalue weighted by atomic mass is 35.5. The first-order valence-electron chi connectivity index (χ1n) is 9.87. The summed E-state index contributed by atoms with van der Waals surface area (Å²) in [5, 5.41) is 17.7. The topological polar surface area (TPSA) is 113 Å². The normalized spacial score (nSPS) is 11.0. The van der Waals surface area contributed by atoms with E-state index < -0.39 is 11.7 Å². The van der Waals surface area contributed by atoms with Crippen molar-refractivity contribution in [3.8, 4) is 11.3 Å². The number of aryl methyl sites for hydroxylation is 1. The molecule has 0 saturated heterocycles. The van der Waals surface area contributed by atoms with Crippen LogP contribution in [0.2, 0.25) is 5.02 Å². The Labute approximate surface area is 186 Å². The molecule has 4 rings (SSSR count). The van der Waals surface area contributed by atoms with Crippen molar-refractivity contribution in [3.05, 3.63) is 75.0 Å². The van der Waals surface area contributed by atoms with Gasteiger partial charge in [-0.05, 0) is 31.5 Å². The van der Waals surface area contributed by atoms with Gasteiger partial charge in [-0.25, -0.2) is 9.49 Å². The lowest BCUT2D eigenvalue weighted by molar-refractivity contribution is 0.0952. The van der Waals surface area contributed by atoms with Gasteiger partial charge in [0.05, 0.1) is 16.0 Å². The SMILES string of the molecule is Cc1onc(-c2c(F)cccc2Cl)c1C(=O)NCCCNc1n[nH]c(=O)c2ccccc12. The number of anilines is 1. The summed E-state index contributed by atoms with van der Waals surface area (Å²) >= 11 is 6.12. The number of nitrogens with zero attached hydrogens (tertiary/aromatic N) is 2. The molecule has 1 amide bonds. The van der Waals surface area contributed by atoms with Gasteiger partial charge in [0, 0.05) is 18.5 Å². The minimum atomic E-state index is -0.593. The van der Waals surface area contributed by atoms with Crippen molar-refractivity contribution < 1.29 is 13.7 Å². The highest BCUT2D eigenvalue weighted by Gasteiger charge is 2.25. The number of rotatable bonds is 7. The third kappa shape index (κ3) is 4.19. The zero-order chi connectivity index (χ0) is 22.7. The Balaban J connectivity index is 1.39. The molecule has 4 aromatic rings. The second kappa shape index (κ2) is 9.19. The summed E-state index contributed by atoms with van der Waals surface area (Å²) in [5.41, 5.74) is -0.0366. The fraction of sp³-hybridized carbons (Fsp3) is 0.182. The maximum atomic E-state index is 14.3. The highest BCUT2D eigenvalue weighted by molar-refractivity contribution is 6.33. The smallest absolute Gasteiger partial charge is 0.272 e. The maximum absolute atomic E-state index is 14.3. The van der Waals surface area contributed by atoms with Crippen molar-refractivity contribution in [3.63, 3.8) is 0 Å². The second-order valence-corrected chi connectivity index (χ2v) is 7.45. The average Bonchev–Trinajstić information content (AvgIpc) is 3.16. The first kappa shape index (κ1) is 21.5. The van der Waals surface area contributed by atoms with Crippen LogP contribution in [0.25, 0.3) is 22.0 Å². The zero-order valence-corrected chi connectivity index (χ0v) is 17.8. The first-order chi connectivity index (χ1) is 15.5. The summed E-state index contributed by atoms with van der Waals surface area (Å²) in [6.07, 6.45) is 0.570. The molecule has 8 nitrogen and oxygen atoms in total. The van der Waals surface area contributed by atoms with Crippen LogP contribution < -0.4 is 16.2 Å². The van der Waals surface area contributed by atoms with Crippen LogP contribution in [0.1, 0.15) is 22.5 Å². The number of H-pyrrole nitrogens is 1. The van der Waals surface area contributed by atoms with E-state index in [-0.39, 0.29) is 33.2 Å². The van der Waals surface area contributed by atoms with Gasteiger partial charge in [-0.1, -0.05) is 41.0 Å². The van der Waals surface area contributed by atoms with Gasteiger partial charge in [-0.15, -0.1) is 0 Å². The summed E-state index contributed by atoms with van der Waals surface area (Å²) in [6, 6.07) is 11.4. The van der Waals surface area contributed by atoms with Gasteiger partial charge in [-0.3, -0.25) is 9.59 Å². The third-order valence-electron chi connectivity index (χ3n) is 4.92. The van der Waals surface area contributed by atoms with Crippen molar-refractivity contribution in [2.24, 2.45) is 0 Å². The number of hydrogen-bond donors (Lipinski definition) is 3. The van der Waals surface area contributed by atoms with E-state index in [1.165, 1.54) is 18.2 Å². The Bertz CT molecular complexity index is 1330. The molecule has 2 heterocycles. The fourth-order valence-corrected chi connectivity index (χ4v) is 3.62. The molecule has 0 unspecified atom stereocenters. The van der Waals surface area contributed by atoms with Crippen LogP contribution in [0.3, 0.4) is 0 Å². The predicted octanol–water partition coefficient (Wildman–Crippen LogP) is 3.91. The summed E-state index contributed by atoms with van der Waals surface area (Å²) in [5.74, 6) is -0.216. The van der Waals surface area contributed by atoms with Crippen molar-refractivity contribution in [1.82, 2.24) is 20.7 Å². The van der Waals surface area contributed by atoms with Crippen LogP contribution in [-0.2, 0) is 0 Å². The van der Waals surface area contributed by atoms with Crippen molar-refractivity contribution in [2.45, 2.75) is 13.3 Å². The molecule has 0 fully saturated rings. The van der Waals surface area contributed by atoms with E-state index in [1.54, 1.807) is 19.1 Å². The minimum Gasteiger partial charge on any atom is -0.368 e. The van der Waals surface area contributed by atoms with Crippen molar-refractivity contribution in [1.29, 1.82) is 0 Å². The van der Waals surface area contributed by atoms with Gasteiger partial charge >= 0.3 is 0 Å². The molecule has 32 heavy (non-hydrogen) atoms. The molecule has 0 saturated carbocycles. The lowest BCUT2D eigenvalue weighted by Gasteiger charge is -2.09. The first-order valence-corrected chi connectivity index (χ1v) is 10.3. The van der Waals surface area contributed by atoms with Crippen LogP contribution in [0, 0.1) is 12.7 Å². The number of aromatic nitrogens is 3. The molecule has 3 N–H and O–H groups in total. The van der Waals surface area contributed by atoms with Gasteiger partial charge in [0.15, 0.2) is 5.82 Å². The van der Waals surface area contributed by atoms with Crippen LogP contribution in [0.15, 0.2) is 51.8 Å². The summed E-state index contributed by atoms with van der Waals surface area (Å²) in [7, 11) is 0. The number of fused-ring (bicyclic) bond motifs is 1. The number of nitrogens with one attached hydrogen (secondary N) is 3. The number of carbonyl (C=O) groups excluding carboxylic acids is 1. The summed E-state index contributed by atoms with van der Waals surface area (Å²) < 4.78 is 19.4. The van der Waals surface area contributed by atoms with Gasteiger partial charge < -0.3 is 15.2 Å². The average molecular weight is 456 g/mol. The Hall–Kier alpha value is -3.72. The molecule has 10 heteroatoms. The lowest BCUT2D eigenvalue weighted by atomic mass is 10.0. The summed E-state index contributed by atoms with van der Waals surface area (Å²) in [6.45, 7) is 2.41. The Morgan fingerprint density at radius 3 is 2.72 bits per heavy atom. The van der Waals surface area contributed by atoms with E-state index in [2.05, 4.69) is 26.0 Å². The molecule has 0 aliphatic carbocycles. The molecule has 0 bridgehead atoms. The molecule has 2 aromatic heterocycles. The van der Waals surface area contributed by atoms with Crippen LogP contribution in [-0.4, -0.2) is 34.4 Å². The lowest BCUT2D eigenvalue weighted by Crippen LogP contribution is -2.26. The molecular weight excluding hydrogens is 437 g/mol. The van der Waals surface area contributed by atoms with Crippen LogP contribution >= 0.6 is 11.6 Å². The Morgan fingerprint density at radius 1 is 1.16 bits per heavy atom. The molecule has 0 atom stereocenters. The predicted molar refractivity (Wildman–Crippen MR) is 119 cm³/mol. The second-order valence-electron chi connectivity index (χ2n) is 7.04. The molecule has 2 aromatic carbocycles. The number of benzene rings is 2.